The fourth-order valence-corrected chi connectivity index (χ4v) is 1.20. The molecule has 0 aromatic heterocycles. The summed E-state index contributed by atoms with van der Waals surface area (Å²) in [7, 11) is 0. The summed E-state index contributed by atoms with van der Waals surface area (Å²) in [4.78, 5) is 0. The van der Waals surface area contributed by atoms with Crippen LogP contribution in [-0.4, -0.2) is 11.7 Å². The van der Waals surface area contributed by atoms with E-state index in [-0.39, 0.29) is 0 Å². The predicted molar refractivity (Wildman–Crippen MR) is 49.4 cm³/mol. The van der Waals surface area contributed by atoms with Crippen LogP contribution in [0.1, 0.15) is 27.2 Å². The van der Waals surface area contributed by atoms with Crippen molar-refractivity contribution in [2.75, 3.05) is 6.61 Å². The molecule has 0 aliphatic heterocycles. The molecular weight excluding hydrogens is 136 g/mol. The summed E-state index contributed by atoms with van der Waals surface area (Å²) in [6.07, 6.45) is 3.00. The lowest BCUT2D eigenvalue weighted by atomic mass is 9.84. The minimum atomic E-state index is 0.294. The highest BCUT2D eigenvalue weighted by Gasteiger charge is 2.16. The molecule has 0 unspecified atom stereocenters. The van der Waals surface area contributed by atoms with E-state index in [4.69, 9.17) is 5.11 Å². The Labute approximate surface area is 70.1 Å². The van der Waals surface area contributed by atoms with Crippen LogP contribution in [0.25, 0.3) is 0 Å². The number of allylic oxidation sites excluding steroid dienone is 1. The van der Waals surface area contributed by atoms with Crippen LogP contribution in [0.5, 0.6) is 0 Å². The van der Waals surface area contributed by atoms with Crippen molar-refractivity contribution in [1.29, 1.82) is 0 Å². The molecule has 0 fully saturated rings. The predicted octanol–water partition coefficient (Wildman–Crippen LogP) is 2.46. The second-order valence-electron chi connectivity index (χ2n) is 3.52. The largest absolute Gasteiger partial charge is 0.396 e. The Morgan fingerprint density at radius 3 is 2.18 bits per heavy atom. The van der Waals surface area contributed by atoms with Gasteiger partial charge in [0, 0.05) is 6.61 Å². The zero-order chi connectivity index (χ0) is 8.85. The van der Waals surface area contributed by atoms with Crippen LogP contribution < -0.4 is 0 Å². The summed E-state index contributed by atoms with van der Waals surface area (Å²) in [5.41, 5.74) is 0. The van der Waals surface area contributed by atoms with Gasteiger partial charge in [0.25, 0.3) is 0 Å². The maximum absolute atomic E-state index is 8.90. The summed E-state index contributed by atoms with van der Waals surface area (Å²) < 4.78 is 0. The Morgan fingerprint density at radius 2 is 1.82 bits per heavy atom. The third-order valence-corrected chi connectivity index (χ3v) is 2.62. The van der Waals surface area contributed by atoms with E-state index < -0.39 is 0 Å². The molecule has 0 aromatic rings. The van der Waals surface area contributed by atoms with Gasteiger partial charge in [0.2, 0.25) is 0 Å². The van der Waals surface area contributed by atoms with Gasteiger partial charge in [-0.25, -0.2) is 0 Å². The van der Waals surface area contributed by atoms with Crippen molar-refractivity contribution in [3.63, 3.8) is 0 Å². The summed E-state index contributed by atoms with van der Waals surface area (Å²) in [5, 5.41) is 8.90. The molecule has 0 bridgehead atoms. The van der Waals surface area contributed by atoms with E-state index in [0.717, 1.165) is 6.42 Å². The van der Waals surface area contributed by atoms with Gasteiger partial charge in [0.05, 0.1) is 0 Å². The Kier molecular flexibility index (Phi) is 5.22. The van der Waals surface area contributed by atoms with Crippen LogP contribution in [0.2, 0.25) is 0 Å². The lowest BCUT2D eigenvalue weighted by Crippen LogP contribution is -2.18. The SMILES string of the molecule is C=CC[C@H](C)[C@H](C)[C@@H](C)CO. The molecule has 0 aliphatic rings. The molecule has 66 valence electrons. The summed E-state index contributed by atoms with van der Waals surface area (Å²) >= 11 is 0. The van der Waals surface area contributed by atoms with Crippen LogP contribution in [0.4, 0.5) is 0 Å². The van der Waals surface area contributed by atoms with Crippen LogP contribution in [-0.2, 0) is 0 Å². The maximum Gasteiger partial charge on any atom is 0.0459 e. The minimum absolute atomic E-state index is 0.294. The standard InChI is InChI=1S/C10H20O/c1-5-6-8(2)10(4)9(3)7-11/h5,8-11H,1,6-7H2,2-4H3/t8-,9-,10-/m0/s1. The molecular formula is C10H20O. The number of hydrogen-bond acceptors (Lipinski definition) is 1. The Balaban J connectivity index is 3.79. The highest BCUT2D eigenvalue weighted by Crippen LogP contribution is 2.22. The van der Waals surface area contributed by atoms with E-state index in [1.54, 1.807) is 0 Å². The third-order valence-electron chi connectivity index (χ3n) is 2.62. The summed E-state index contributed by atoms with van der Waals surface area (Å²) in [6, 6.07) is 0. The van der Waals surface area contributed by atoms with Crippen molar-refractivity contribution in [2.45, 2.75) is 27.2 Å². The van der Waals surface area contributed by atoms with E-state index in [9.17, 15) is 0 Å². The molecule has 11 heavy (non-hydrogen) atoms. The van der Waals surface area contributed by atoms with Gasteiger partial charge in [-0.2, -0.15) is 0 Å². The van der Waals surface area contributed by atoms with Crippen molar-refractivity contribution >= 4 is 0 Å². The van der Waals surface area contributed by atoms with Crippen molar-refractivity contribution in [3.05, 3.63) is 12.7 Å². The van der Waals surface area contributed by atoms with Crippen LogP contribution in [0.15, 0.2) is 12.7 Å². The average Bonchev–Trinajstić information content (AvgIpc) is 2.02. The van der Waals surface area contributed by atoms with Crippen LogP contribution in [0.3, 0.4) is 0 Å². The monoisotopic (exact) mass is 156 g/mol. The lowest BCUT2D eigenvalue weighted by Gasteiger charge is -2.23. The highest BCUT2D eigenvalue weighted by atomic mass is 16.3. The first-order chi connectivity index (χ1) is 5.13. The van der Waals surface area contributed by atoms with E-state index in [1.165, 1.54) is 0 Å². The molecule has 1 heteroatoms. The fraction of sp³-hybridized carbons (Fsp3) is 0.800. The molecule has 0 amide bonds. The van der Waals surface area contributed by atoms with Crippen LogP contribution in [0, 0.1) is 17.8 Å². The first-order valence-corrected chi connectivity index (χ1v) is 4.35. The minimum Gasteiger partial charge on any atom is -0.396 e. The van der Waals surface area contributed by atoms with Gasteiger partial charge in [-0.3, -0.25) is 0 Å². The van der Waals surface area contributed by atoms with Gasteiger partial charge in [-0.05, 0) is 24.2 Å². The van der Waals surface area contributed by atoms with Gasteiger partial charge in [0.1, 0.15) is 0 Å². The number of aliphatic hydroxyl groups excluding tert-OH is 1. The molecule has 0 aromatic carbocycles. The second kappa shape index (κ2) is 5.36. The molecule has 0 spiro atoms. The normalized spacial score (nSPS) is 18.9. The first-order valence-electron chi connectivity index (χ1n) is 4.35. The summed E-state index contributed by atoms with van der Waals surface area (Å²) in [5.74, 6) is 1.62. The number of rotatable bonds is 5. The fourth-order valence-electron chi connectivity index (χ4n) is 1.20. The van der Waals surface area contributed by atoms with E-state index in [1.807, 2.05) is 6.08 Å². The molecule has 1 nitrogen and oxygen atoms in total. The van der Waals surface area contributed by atoms with Gasteiger partial charge >= 0.3 is 0 Å². The average molecular weight is 156 g/mol. The molecule has 0 radical (unpaired) electrons. The second-order valence-corrected chi connectivity index (χ2v) is 3.52. The van der Waals surface area contributed by atoms with Gasteiger partial charge in [0.15, 0.2) is 0 Å². The molecule has 3 atom stereocenters. The molecule has 0 rings (SSSR count). The van der Waals surface area contributed by atoms with Crippen molar-refractivity contribution in [1.82, 2.24) is 0 Å². The number of hydrogen-bond donors (Lipinski definition) is 1. The van der Waals surface area contributed by atoms with Crippen LogP contribution >= 0.6 is 0 Å². The van der Waals surface area contributed by atoms with Crippen molar-refractivity contribution < 1.29 is 5.11 Å². The molecule has 0 aliphatic carbocycles. The zero-order valence-electron chi connectivity index (χ0n) is 7.88. The van der Waals surface area contributed by atoms with E-state index in [0.29, 0.717) is 24.4 Å². The Bertz CT molecular complexity index is 109. The van der Waals surface area contributed by atoms with Gasteiger partial charge in [-0.15, -0.1) is 6.58 Å². The van der Waals surface area contributed by atoms with Gasteiger partial charge < -0.3 is 5.11 Å². The van der Waals surface area contributed by atoms with E-state index in [2.05, 4.69) is 27.4 Å². The maximum atomic E-state index is 8.90. The Hall–Kier alpha value is -0.300. The van der Waals surface area contributed by atoms with Crippen molar-refractivity contribution in [2.24, 2.45) is 17.8 Å². The summed E-state index contributed by atoms with van der Waals surface area (Å²) in [6.45, 7) is 10.5. The van der Waals surface area contributed by atoms with Crippen molar-refractivity contribution in [3.8, 4) is 0 Å². The molecule has 1 N–H and O–H groups in total. The molecule has 0 heterocycles. The first kappa shape index (κ1) is 10.7. The van der Waals surface area contributed by atoms with Gasteiger partial charge in [-0.1, -0.05) is 26.8 Å². The molecule has 0 saturated carbocycles. The third kappa shape index (κ3) is 3.57. The number of aliphatic hydroxyl groups is 1. The molecule has 0 saturated heterocycles. The topological polar surface area (TPSA) is 20.2 Å². The highest BCUT2D eigenvalue weighted by molar-refractivity contribution is 4.75. The lowest BCUT2D eigenvalue weighted by molar-refractivity contribution is 0.165. The Morgan fingerprint density at radius 1 is 1.27 bits per heavy atom. The quantitative estimate of drug-likeness (QED) is 0.606. The zero-order valence-corrected chi connectivity index (χ0v) is 7.88. The van der Waals surface area contributed by atoms with E-state index >= 15 is 0 Å². The smallest absolute Gasteiger partial charge is 0.0459 e.